The van der Waals surface area contributed by atoms with Gasteiger partial charge in [0.15, 0.2) is 0 Å². The van der Waals surface area contributed by atoms with Crippen molar-refractivity contribution in [2.24, 2.45) is 0 Å². The number of rotatable bonds is 1. The van der Waals surface area contributed by atoms with E-state index in [2.05, 4.69) is 13.0 Å². The second-order valence-electron chi connectivity index (χ2n) is 1.75. The average Bonchev–Trinajstić information content (AvgIpc) is 2.46. The molecule has 7 heavy (non-hydrogen) atoms. The molecule has 0 spiro atoms. The topological polar surface area (TPSA) is 23.8 Å². The Morgan fingerprint density at radius 2 is 2.57 bits per heavy atom. The highest BCUT2D eigenvalue weighted by Gasteiger charge is 2.42. The van der Waals surface area contributed by atoms with Crippen molar-refractivity contribution < 1.29 is 0 Å². The fourth-order valence-electron chi connectivity index (χ4n) is 0.435. The summed E-state index contributed by atoms with van der Waals surface area (Å²) in [7, 11) is 0. The van der Waals surface area contributed by atoms with Gasteiger partial charge in [0.1, 0.15) is 4.75 Å². The highest BCUT2D eigenvalue weighted by Crippen LogP contribution is 2.46. The van der Waals surface area contributed by atoms with Gasteiger partial charge in [-0.25, -0.2) is 0 Å². The van der Waals surface area contributed by atoms with Crippen LogP contribution in [0.5, 0.6) is 0 Å². The summed E-state index contributed by atoms with van der Waals surface area (Å²) in [5.74, 6) is 1.06. The van der Waals surface area contributed by atoms with Crippen molar-refractivity contribution in [3.05, 3.63) is 0 Å². The number of thioether (sulfide) groups is 1. The average molecular weight is 113 g/mol. The molecule has 38 valence electrons. The molecule has 1 aliphatic heterocycles. The molecule has 0 saturated carbocycles. The number of nitriles is 1. The van der Waals surface area contributed by atoms with Crippen molar-refractivity contribution >= 4 is 11.8 Å². The first kappa shape index (κ1) is 4.99. The van der Waals surface area contributed by atoms with E-state index >= 15 is 0 Å². The van der Waals surface area contributed by atoms with Crippen molar-refractivity contribution in [1.29, 1.82) is 5.26 Å². The van der Waals surface area contributed by atoms with Gasteiger partial charge in [-0.15, -0.1) is 11.8 Å². The summed E-state index contributed by atoms with van der Waals surface area (Å²) >= 11 is 1.75. The lowest BCUT2D eigenvalue weighted by molar-refractivity contribution is 0.847. The molecule has 0 aromatic heterocycles. The lowest BCUT2D eigenvalue weighted by Gasteiger charge is -1.90. The van der Waals surface area contributed by atoms with Crippen molar-refractivity contribution in [1.82, 2.24) is 0 Å². The minimum atomic E-state index is 0.0556. The first-order chi connectivity index (χ1) is 3.33. The smallest absolute Gasteiger partial charge is 0.111 e. The highest BCUT2D eigenvalue weighted by molar-refractivity contribution is 8.08. The fourth-order valence-corrected chi connectivity index (χ4v) is 1.15. The third kappa shape index (κ3) is 0.733. The molecule has 1 atom stereocenters. The van der Waals surface area contributed by atoms with E-state index in [0.717, 1.165) is 12.2 Å². The normalized spacial score (nSPS) is 37.1. The van der Waals surface area contributed by atoms with Crippen LogP contribution in [0.15, 0.2) is 0 Å². The van der Waals surface area contributed by atoms with E-state index < -0.39 is 0 Å². The standard InChI is InChI=1S/C5H7NS/c1-2-5(3-6)4-7-5/h2,4H2,1H3. The number of nitrogens with zero attached hydrogens (tertiary/aromatic N) is 1. The molecule has 0 N–H and O–H groups in total. The zero-order valence-electron chi connectivity index (χ0n) is 4.27. The minimum Gasteiger partial charge on any atom is -0.197 e. The van der Waals surface area contributed by atoms with Crippen LogP contribution in [0, 0.1) is 11.3 Å². The summed E-state index contributed by atoms with van der Waals surface area (Å²) in [6.07, 6.45) is 1.01. The van der Waals surface area contributed by atoms with Gasteiger partial charge in [-0.2, -0.15) is 5.26 Å². The van der Waals surface area contributed by atoms with Crippen molar-refractivity contribution in [2.45, 2.75) is 18.1 Å². The molecule has 1 saturated heterocycles. The summed E-state index contributed by atoms with van der Waals surface area (Å²) in [6, 6.07) is 2.27. The minimum absolute atomic E-state index is 0.0556. The number of hydrogen-bond acceptors (Lipinski definition) is 2. The molecule has 0 radical (unpaired) electrons. The molecule has 0 aromatic rings. The first-order valence-corrected chi connectivity index (χ1v) is 3.37. The molecule has 1 heterocycles. The van der Waals surface area contributed by atoms with E-state index in [4.69, 9.17) is 5.26 Å². The van der Waals surface area contributed by atoms with Crippen LogP contribution < -0.4 is 0 Å². The van der Waals surface area contributed by atoms with Gasteiger partial charge >= 0.3 is 0 Å². The van der Waals surface area contributed by atoms with Crippen LogP contribution in [0.2, 0.25) is 0 Å². The van der Waals surface area contributed by atoms with Gasteiger partial charge in [-0.1, -0.05) is 6.92 Å². The van der Waals surface area contributed by atoms with Crippen LogP contribution in [-0.2, 0) is 0 Å². The van der Waals surface area contributed by atoms with Gasteiger partial charge in [0.2, 0.25) is 0 Å². The Morgan fingerprint density at radius 3 is 2.57 bits per heavy atom. The molecule has 1 aliphatic rings. The van der Waals surface area contributed by atoms with Crippen molar-refractivity contribution in [3.8, 4) is 6.07 Å². The molecule has 0 aromatic carbocycles. The predicted molar refractivity (Wildman–Crippen MR) is 31.1 cm³/mol. The Kier molecular flexibility index (Phi) is 1.01. The summed E-state index contributed by atoms with van der Waals surface area (Å²) < 4.78 is 0.0556. The van der Waals surface area contributed by atoms with E-state index in [1.807, 2.05) is 0 Å². The van der Waals surface area contributed by atoms with Crippen LogP contribution in [0.25, 0.3) is 0 Å². The van der Waals surface area contributed by atoms with Crippen molar-refractivity contribution in [3.63, 3.8) is 0 Å². The third-order valence-corrected chi connectivity index (χ3v) is 2.63. The van der Waals surface area contributed by atoms with Crippen LogP contribution >= 0.6 is 11.8 Å². The fraction of sp³-hybridized carbons (Fsp3) is 0.800. The van der Waals surface area contributed by atoms with E-state index in [9.17, 15) is 0 Å². The molecule has 1 unspecified atom stereocenters. The molecule has 2 heteroatoms. The Balaban J connectivity index is 2.47. The lowest BCUT2D eigenvalue weighted by atomic mass is 10.1. The molecular formula is C5H7NS. The summed E-state index contributed by atoms with van der Waals surface area (Å²) in [5.41, 5.74) is 0. The molecule has 1 rings (SSSR count). The van der Waals surface area contributed by atoms with Gasteiger partial charge < -0.3 is 0 Å². The molecule has 0 amide bonds. The van der Waals surface area contributed by atoms with Gasteiger partial charge in [0.05, 0.1) is 6.07 Å². The maximum Gasteiger partial charge on any atom is 0.111 e. The lowest BCUT2D eigenvalue weighted by Crippen LogP contribution is -2.00. The van der Waals surface area contributed by atoms with Crippen molar-refractivity contribution in [2.75, 3.05) is 5.75 Å². The molecule has 0 bridgehead atoms. The zero-order valence-corrected chi connectivity index (χ0v) is 5.09. The van der Waals surface area contributed by atoms with Gasteiger partial charge in [0, 0.05) is 5.75 Å². The first-order valence-electron chi connectivity index (χ1n) is 2.38. The summed E-state index contributed by atoms with van der Waals surface area (Å²) in [6.45, 7) is 2.06. The quantitative estimate of drug-likeness (QED) is 0.480. The van der Waals surface area contributed by atoms with Crippen LogP contribution in [0.3, 0.4) is 0 Å². The second-order valence-corrected chi connectivity index (χ2v) is 3.11. The SMILES string of the molecule is CCC1(C#N)CS1. The molecular weight excluding hydrogens is 106 g/mol. The zero-order chi connectivity index (χ0) is 5.33. The van der Waals surface area contributed by atoms with Crippen LogP contribution in [-0.4, -0.2) is 10.5 Å². The Morgan fingerprint density at radius 1 is 2.00 bits per heavy atom. The Labute approximate surface area is 47.7 Å². The van der Waals surface area contributed by atoms with E-state index in [0.29, 0.717) is 0 Å². The van der Waals surface area contributed by atoms with Gasteiger partial charge in [-0.05, 0) is 6.42 Å². The highest BCUT2D eigenvalue weighted by atomic mass is 32.2. The molecule has 0 aliphatic carbocycles. The van der Waals surface area contributed by atoms with Gasteiger partial charge in [-0.3, -0.25) is 0 Å². The van der Waals surface area contributed by atoms with E-state index in [1.165, 1.54) is 0 Å². The monoisotopic (exact) mass is 113 g/mol. The van der Waals surface area contributed by atoms with Crippen LogP contribution in [0.1, 0.15) is 13.3 Å². The van der Waals surface area contributed by atoms with Crippen LogP contribution in [0.4, 0.5) is 0 Å². The summed E-state index contributed by atoms with van der Waals surface area (Å²) in [5, 5.41) is 8.39. The predicted octanol–water partition coefficient (Wildman–Crippen LogP) is 1.41. The maximum absolute atomic E-state index is 8.39. The molecule has 1 fully saturated rings. The van der Waals surface area contributed by atoms with E-state index in [-0.39, 0.29) is 4.75 Å². The van der Waals surface area contributed by atoms with E-state index in [1.54, 1.807) is 11.8 Å². The molecule has 1 nitrogen and oxygen atoms in total. The largest absolute Gasteiger partial charge is 0.197 e. The third-order valence-electron chi connectivity index (χ3n) is 1.27. The summed E-state index contributed by atoms with van der Waals surface area (Å²) in [4.78, 5) is 0. The number of hydrogen-bond donors (Lipinski definition) is 0. The van der Waals surface area contributed by atoms with Gasteiger partial charge in [0.25, 0.3) is 0 Å². The second kappa shape index (κ2) is 1.41. The Bertz CT molecular complexity index is 110. The Hall–Kier alpha value is -0.160. The maximum atomic E-state index is 8.39.